The molecule has 1 aromatic heterocycles. The van der Waals surface area contributed by atoms with Gasteiger partial charge in [-0.25, -0.2) is 0 Å². The van der Waals surface area contributed by atoms with Crippen LogP contribution in [0.3, 0.4) is 0 Å². The molecule has 5 heteroatoms. The van der Waals surface area contributed by atoms with Gasteiger partial charge in [0.2, 0.25) is 0 Å². The second-order valence-corrected chi connectivity index (χ2v) is 4.76. The van der Waals surface area contributed by atoms with E-state index in [1.54, 1.807) is 6.20 Å². The van der Waals surface area contributed by atoms with Crippen molar-refractivity contribution >= 4 is 11.6 Å². The van der Waals surface area contributed by atoms with Crippen LogP contribution in [0.1, 0.15) is 32.0 Å². The summed E-state index contributed by atoms with van der Waals surface area (Å²) in [4.78, 5) is 0. The van der Waals surface area contributed by atoms with Crippen molar-refractivity contribution in [2.24, 2.45) is 5.92 Å². The Balaban J connectivity index is 2.27. The number of hydrogen-bond donors (Lipinski definition) is 1. The van der Waals surface area contributed by atoms with Gasteiger partial charge in [0, 0.05) is 19.1 Å². The number of nitrogens with one attached hydrogen (secondary N) is 1. The minimum Gasteiger partial charge on any atom is -0.381 e. The molecule has 0 aromatic carbocycles. The lowest BCUT2D eigenvalue weighted by Crippen LogP contribution is -2.31. The molecule has 0 spiro atoms. The monoisotopic (exact) mass is 257 g/mol. The van der Waals surface area contributed by atoms with E-state index >= 15 is 0 Å². The molecule has 0 radical (unpaired) electrons. The van der Waals surface area contributed by atoms with Crippen molar-refractivity contribution in [2.45, 2.75) is 32.9 Å². The maximum Gasteiger partial charge on any atom is 0.0834 e. The standard InChI is InChI=1S/C12H20ClN3O/c1-3-14-11(9-5-6-17-8-9)12-10(13)7-15-16(12)4-2/h7,9,11,14H,3-6,8H2,1-2H3. The number of aryl methyl sites for hydroxylation is 1. The largest absolute Gasteiger partial charge is 0.381 e. The van der Waals surface area contributed by atoms with Crippen molar-refractivity contribution in [2.75, 3.05) is 19.8 Å². The molecule has 2 atom stereocenters. The maximum atomic E-state index is 6.27. The van der Waals surface area contributed by atoms with E-state index in [1.165, 1.54) is 0 Å². The molecule has 2 rings (SSSR count). The van der Waals surface area contributed by atoms with E-state index < -0.39 is 0 Å². The predicted molar refractivity (Wildman–Crippen MR) is 68.3 cm³/mol. The number of aromatic nitrogens is 2. The highest BCUT2D eigenvalue weighted by molar-refractivity contribution is 6.31. The van der Waals surface area contributed by atoms with Crippen molar-refractivity contribution in [1.29, 1.82) is 0 Å². The Bertz CT molecular complexity index is 361. The van der Waals surface area contributed by atoms with E-state index in [2.05, 4.69) is 24.3 Å². The third kappa shape index (κ3) is 2.64. The fourth-order valence-corrected chi connectivity index (χ4v) is 2.71. The van der Waals surface area contributed by atoms with Gasteiger partial charge in [-0.3, -0.25) is 4.68 Å². The highest BCUT2D eigenvalue weighted by Gasteiger charge is 2.30. The zero-order valence-corrected chi connectivity index (χ0v) is 11.2. The summed E-state index contributed by atoms with van der Waals surface area (Å²) in [7, 11) is 0. The van der Waals surface area contributed by atoms with Crippen molar-refractivity contribution in [3.8, 4) is 0 Å². The van der Waals surface area contributed by atoms with Gasteiger partial charge in [0.15, 0.2) is 0 Å². The summed E-state index contributed by atoms with van der Waals surface area (Å²) in [6.07, 6.45) is 2.82. The van der Waals surface area contributed by atoms with Gasteiger partial charge in [0.25, 0.3) is 0 Å². The topological polar surface area (TPSA) is 39.1 Å². The molecular weight excluding hydrogens is 238 g/mol. The van der Waals surface area contributed by atoms with E-state index in [0.717, 1.165) is 43.4 Å². The van der Waals surface area contributed by atoms with E-state index in [9.17, 15) is 0 Å². The van der Waals surface area contributed by atoms with Gasteiger partial charge < -0.3 is 10.1 Å². The number of halogens is 1. The molecule has 0 amide bonds. The summed E-state index contributed by atoms with van der Waals surface area (Å²) < 4.78 is 7.46. The second-order valence-electron chi connectivity index (χ2n) is 4.35. The molecule has 1 aliphatic heterocycles. The molecule has 2 unspecified atom stereocenters. The number of hydrogen-bond acceptors (Lipinski definition) is 3. The van der Waals surface area contributed by atoms with Gasteiger partial charge in [0.1, 0.15) is 0 Å². The Morgan fingerprint density at radius 3 is 3.06 bits per heavy atom. The Labute approximate surface area is 107 Å². The van der Waals surface area contributed by atoms with Crippen LogP contribution in [0.15, 0.2) is 6.20 Å². The van der Waals surface area contributed by atoms with Gasteiger partial charge in [-0.05, 0) is 19.9 Å². The van der Waals surface area contributed by atoms with E-state index in [0.29, 0.717) is 5.92 Å². The van der Waals surface area contributed by atoms with Crippen molar-refractivity contribution in [1.82, 2.24) is 15.1 Å². The number of rotatable bonds is 5. The fourth-order valence-electron chi connectivity index (χ4n) is 2.46. The summed E-state index contributed by atoms with van der Waals surface area (Å²) in [6.45, 7) is 7.63. The van der Waals surface area contributed by atoms with Crippen LogP contribution in [0, 0.1) is 5.92 Å². The summed E-state index contributed by atoms with van der Waals surface area (Å²) in [5.41, 5.74) is 1.10. The number of ether oxygens (including phenoxy) is 1. The zero-order valence-electron chi connectivity index (χ0n) is 10.4. The molecule has 1 aromatic rings. The molecule has 2 heterocycles. The average Bonchev–Trinajstić information content (AvgIpc) is 2.95. The van der Waals surface area contributed by atoms with Crippen LogP contribution in [-0.2, 0) is 11.3 Å². The Hall–Kier alpha value is -0.580. The van der Waals surface area contributed by atoms with Crippen LogP contribution < -0.4 is 5.32 Å². The maximum absolute atomic E-state index is 6.27. The molecule has 96 valence electrons. The molecule has 17 heavy (non-hydrogen) atoms. The Kier molecular flexibility index (Phi) is 4.42. The van der Waals surface area contributed by atoms with Crippen LogP contribution in [0.4, 0.5) is 0 Å². The van der Waals surface area contributed by atoms with E-state index in [-0.39, 0.29) is 6.04 Å². The smallest absolute Gasteiger partial charge is 0.0834 e. The van der Waals surface area contributed by atoms with Gasteiger partial charge >= 0.3 is 0 Å². The summed E-state index contributed by atoms with van der Waals surface area (Å²) in [5.74, 6) is 0.495. The predicted octanol–water partition coefficient (Wildman–Crippen LogP) is 2.24. The molecule has 4 nitrogen and oxygen atoms in total. The molecule has 1 saturated heterocycles. The van der Waals surface area contributed by atoms with Crippen LogP contribution in [0.5, 0.6) is 0 Å². The minimum absolute atomic E-state index is 0.248. The van der Waals surface area contributed by atoms with Crippen LogP contribution in [-0.4, -0.2) is 29.5 Å². The Morgan fingerprint density at radius 2 is 2.47 bits per heavy atom. The number of nitrogens with zero attached hydrogens (tertiary/aromatic N) is 2. The van der Waals surface area contributed by atoms with Gasteiger partial charge in [0.05, 0.1) is 29.6 Å². The van der Waals surface area contributed by atoms with Crippen LogP contribution >= 0.6 is 11.6 Å². The Morgan fingerprint density at radius 1 is 1.65 bits per heavy atom. The first-order valence-corrected chi connectivity index (χ1v) is 6.68. The SMILES string of the molecule is CCNC(c1c(Cl)cnn1CC)C1CCOC1. The second kappa shape index (κ2) is 5.85. The highest BCUT2D eigenvalue weighted by Crippen LogP contribution is 2.32. The lowest BCUT2D eigenvalue weighted by Gasteiger charge is -2.24. The van der Waals surface area contributed by atoms with E-state index in [4.69, 9.17) is 16.3 Å². The minimum atomic E-state index is 0.248. The van der Waals surface area contributed by atoms with E-state index in [1.807, 2.05) is 4.68 Å². The molecule has 0 saturated carbocycles. The van der Waals surface area contributed by atoms with Crippen LogP contribution in [0.2, 0.25) is 5.02 Å². The third-order valence-corrected chi connectivity index (χ3v) is 3.58. The quantitative estimate of drug-likeness (QED) is 0.879. The van der Waals surface area contributed by atoms with Gasteiger partial charge in [-0.1, -0.05) is 18.5 Å². The molecule has 1 fully saturated rings. The van der Waals surface area contributed by atoms with Crippen molar-refractivity contribution in [3.63, 3.8) is 0 Å². The molecule has 1 aliphatic rings. The lowest BCUT2D eigenvalue weighted by atomic mass is 9.96. The lowest BCUT2D eigenvalue weighted by molar-refractivity contribution is 0.175. The summed E-state index contributed by atoms with van der Waals surface area (Å²) in [5, 5.41) is 8.58. The van der Waals surface area contributed by atoms with Crippen LogP contribution in [0.25, 0.3) is 0 Å². The molecule has 0 aliphatic carbocycles. The summed E-state index contributed by atoms with van der Waals surface area (Å²) >= 11 is 6.27. The average molecular weight is 258 g/mol. The van der Waals surface area contributed by atoms with Gasteiger partial charge in [-0.2, -0.15) is 5.10 Å². The van der Waals surface area contributed by atoms with Gasteiger partial charge in [-0.15, -0.1) is 0 Å². The molecule has 0 bridgehead atoms. The van der Waals surface area contributed by atoms with Crippen molar-refractivity contribution in [3.05, 3.63) is 16.9 Å². The molecular formula is C12H20ClN3O. The first-order chi connectivity index (χ1) is 8.27. The summed E-state index contributed by atoms with van der Waals surface area (Å²) in [6, 6.07) is 0.248. The third-order valence-electron chi connectivity index (χ3n) is 3.29. The zero-order chi connectivity index (χ0) is 12.3. The molecule has 1 N–H and O–H groups in total. The first kappa shape index (κ1) is 12.9. The fraction of sp³-hybridized carbons (Fsp3) is 0.750. The highest BCUT2D eigenvalue weighted by atomic mass is 35.5. The normalized spacial score (nSPS) is 21.9. The van der Waals surface area contributed by atoms with Crippen molar-refractivity contribution < 1.29 is 4.74 Å². The first-order valence-electron chi connectivity index (χ1n) is 6.30.